The second-order valence-corrected chi connectivity index (χ2v) is 3.32. The molecule has 0 unspecified atom stereocenters. The van der Waals surface area contributed by atoms with E-state index in [-0.39, 0.29) is 6.07 Å². The highest BCUT2D eigenvalue weighted by molar-refractivity contribution is 5.70. The molecular formula is C9H6F5NO3. The van der Waals surface area contributed by atoms with Crippen LogP contribution in [0, 0.1) is 0 Å². The monoisotopic (exact) mass is 271 g/mol. The number of aromatic amines is 1. The van der Waals surface area contributed by atoms with E-state index in [2.05, 4.69) is 0 Å². The smallest absolute Gasteiger partial charge is 0.431 e. The predicted octanol–water partition coefficient (Wildman–Crippen LogP) is 1.96. The maximum atomic E-state index is 12.4. The Hall–Kier alpha value is -1.93. The molecule has 0 amide bonds. The summed E-state index contributed by atoms with van der Waals surface area (Å²) in [5.74, 6) is -1.51. The summed E-state index contributed by atoms with van der Waals surface area (Å²) in [5, 5.41) is 8.39. The van der Waals surface area contributed by atoms with E-state index in [0.29, 0.717) is 0 Å². The Balaban J connectivity index is 3.44. The van der Waals surface area contributed by atoms with Crippen LogP contribution in [0.3, 0.4) is 0 Å². The van der Waals surface area contributed by atoms with Crippen LogP contribution in [0.1, 0.15) is 23.2 Å². The predicted molar refractivity (Wildman–Crippen MR) is 48.4 cm³/mol. The van der Waals surface area contributed by atoms with E-state index in [1.54, 1.807) is 0 Å². The number of alkyl halides is 5. The van der Waals surface area contributed by atoms with Crippen molar-refractivity contribution >= 4 is 5.97 Å². The van der Waals surface area contributed by atoms with Crippen molar-refractivity contribution in [3.8, 4) is 0 Å². The van der Waals surface area contributed by atoms with Gasteiger partial charge in [-0.1, -0.05) is 0 Å². The number of carboxylic acid groups (broad SMARTS) is 1. The van der Waals surface area contributed by atoms with E-state index in [1.807, 2.05) is 0 Å². The van der Waals surface area contributed by atoms with Gasteiger partial charge in [-0.2, -0.15) is 13.2 Å². The second-order valence-electron chi connectivity index (χ2n) is 3.32. The van der Waals surface area contributed by atoms with Crippen LogP contribution in [0.4, 0.5) is 22.0 Å². The molecule has 0 aliphatic heterocycles. The third-order valence-electron chi connectivity index (χ3n) is 2.01. The van der Waals surface area contributed by atoms with Crippen molar-refractivity contribution in [2.75, 3.05) is 0 Å². The lowest BCUT2D eigenvalue weighted by Crippen LogP contribution is -2.24. The van der Waals surface area contributed by atoms with Crippen molar-refractivity contribution in [1.29, 1.82) is 0 Å². The highest BCUT2D eigenvalue weighted by Crippen LogP contribution is 2.34. The summed E-state index contributed by atoms with van der Waals surface area (Å²) >= 11 is 0. The first-order valence-electron chi connectivity index (χ1n) is 4.46. The molecule has 0 fully saturated rings. The zero-order chi connectivity index (χ0) is 14.1. The average Bonchev–Trinajstić information content (AvgIpc) is 2.17. The number of aliphatic carboxylic acids is 1. The van der Waals surface area contributed by atoms with Crippen LogP contribution < -0.4 is 5.56 Å². The molecule has 0 atom stereocenters. The Morgan fingerprint density at radius 3 is 2.33 bits per heavy atom. The summed E-state index contributed by atoms with van der Waals surface area (Å²) in [6.45, 7) is 0. The van der Waals surface area contributed by atoms with Crippen LogP contribution in [-0.4, -0.2) is 16.1 Å². The summed E-state index contributed by atoms with van der Waals surface area (Å²) in [7, 11) is 0. The Bertz CT molecular complexity index is 520. The van der Waals surface area contributed by atoms with Gasteiger partial charge < -0.3 is 10.1 Å². The number of pyridine rings is 1. The van der Waals surface area contributed by atoms with E-state index in [4.69, 9.17) is 5.11 Å². The molecule has 1 aromatic rings. The molecule has 4 nitrogen and oxygen atoms in total. The van der Waals surface area contributed by atoms with Gasteiger partial charge in [-0.25, -0.2) is 8.78 Å². The lowest BCUT2D eigenvalue weighted by Gasteiger charge is -2.12. The number of H-pyrrole nitrogens is 1. The quantitative estimate of drug-likeness (QED) is 0.825. The average molecular weight is 271 g/mol. The lowest BCUT2D eigenvalue weighted by molar-refractivity contribution is -0.143. The molecule has 0 aliphatic carbocycles. The van der Waals surface area contributed by atoms with Crippen molar-refractivity contribution in [2.45, 2.75) is 19.0 Å². The zero-order valence-corrected chi connectivity index (χ0v) is 8.52. The van der Waals surface area contributed by atoms with E-state index in [1.165, 1.54) is 4.98 Å². The number of nitrogens with one attached hydrogen (secondary N) is 1. The van der Waals surface area contributed by atoms with Gasteiger partial charge in [-0.3, -0.25) is 9.59 Å². The Kier molecular flexibility index (Phi) is 3.73. The largest absolute Gasteiger partial charge is 0.481 e. The van der Waals surface area contributed by atoms with Gasteiger partial charge in [0.05, 0.1) is 6.42 Å². The standard InChI is InChI=1S/C9H6F5NO3/c10-7(11)4-1-3(2-5(16)17)8(18)15-6(4)9(12,13)14/h1,7H,2H2,(H,15,18)(H,16,17). The minimum absolute atomic E-state index is 0.264. The number of aromatic nitrogens is 1. The molecule has 1 heterocycles. The first kappa shape index (κ1) is 14.1. The van der Waals surface area contributed by atoms with Gasteiger partial charge in [-0.15, -0.1) is 0 Å². The number of carboxylic acids is 1. The normalized spacial score (nSPS) is 11.9. The Morgan fingerprint density at radius 1 is 1.39 bits per heavy atom. The molecule has 1 rings (SSSR count). The minimum Gasteiger partial charge on any atom is -0.481 e. The van der Waals surface area contributed by atoms with Crippen molar-refractivity contribution in [1.82, 2.24) is 4.98 Å². The molecule has 0 bridgehead atoms. The molecule has 9 heteroatoms. The van der Waals surface area contributed by atoms with Crippen LogP contribution in [0.5, 0.6) is 0 Å². The molecule has 0 saturated carbocycles. The first-order valence-corrected chi connectivity index (χ1v) is 4.46. The van der Waals surface area contributed by atoms with Crippen molar-refractivity contribution in [2.24, 2.45) is 0 Å². The summed E-state index contributed by atoms with van der Waals surface area (Å²) < 4.78 is 62.0. The van der Waals surface area contributed by atoms with Crippen LogP contribution in [-0.2, 0) is 17.4 Å². The van der Waals surface area contributed by atoms with Crippen molar-refractivity contribution in [3.63, 3.8) is 0 Å². The molecular weight excluding hydrogens is 265 g/mol. The molecule has 0 radical (unpaired) electrons. The van der Waals surface area contributed by atoms with E-state index < -0.39 is 47.4 Å². The maximum absolute atomic E-state index is 12.4. The summed E-state index contributed by atoms with van der Waals surface area (Å²) in [6.07, 6.45) is -9.56. The molecule has 0 aromatic carbocycles. The topological polar surface area (TPSA) is 70.2 Å². The lowest BCUT2D eigenvalue weighted by atomic mass is 10.1. The van der Waals surface area contributed by atoms with Gasteiger partial charge >= 0.3 is 12.1 Å². The number of hydrogen-bond acceptors (Lipinski definition) is 2. The highest BCUT2D eigenvalue weighted by atomic mass is 19.4. The number of hydrogen-bond donors (Lipinski definition) is 2. The second kappa shape index (κ2) is 4.75. The molecule has 100 valence electrons. The third-order valence-corrected chi connectivity index (χ3v) is 2.01. The summed E-state index contributed by atoms with van der Waals surface area (Å²) in [5.41, 5.74) is -5.32. The molecule has 1 aromatic heterocycles. The SMILES string of the molecule is O=C(O)Cc1cc(C(F)F)c(C(F)(F)F)[nH]c1=O. The minimum atomic E-state index is -5.15. The summed E-state index contributed by atoms with van der Waals surface area (Å²) in [6, 6.07) is 0.264. The summed E-state index contributed by atoms with van der Waals surface area (Å²) in [4.78, 5) is 22.7. The maximum Gasteiger partial charge on any atom is 0.431 e. The van der Waals surface area contributed by atoms with E-state index in [0.717, 1.165) is 0 Å². The van der Waals surface area contributed by atoms with Crippen LogP contribution in [0.2, 0.25) is 0 Å². The van der Waals surface area contributed by atoms with Crippen LogP contribution in [0.15, 0.2) is 10.9 Å². The van der Waals surface area contributed by atoms with E-state index >= 15 is 0 Å². The number of carbonyl (C=O) groups is 1. The van der Waals surface area contributed by atoms with Gasteiger partial charge in [0.25, 0.3) is 12.0 Å². The van der Waals surface area contributed by atoms with E-state index in [9.17, 15) is 31.5 Å². The molecule has 0 saturated heterocycles. The fourth-order valence-electron chi connectivity index (χ4n) is 1.29. The molecule has 18 heavy (non-hydrogen) atoms. The molecule has 0 aliphatic rings. The van der Waals surface area contributed by atoms with Crippen molar-refractivity contribution < 1.29 is 31.9 Å². The van der Waals surface area contributed by atoms with Gasteiger partial charge in [-0.05, 0) is 6.07 Å². The number of rotatable bonds is 3. The zero-order valence-electron chi connectivity index (χ0n) is 8.52. The number of halogens is 5. The highest BCUT2D eigenvalue weighted by Gasteiger charge is 2.37. The van der Waals surface area contributed by atoms with Gasteiger partial charge in [0.15, 0.2) is 0 Å². The Morgan fingerprint density at radius 2 is 1.94 bits per heavy atom. The molecule has 2 N–H and O–H groups in total. The van der Waals surface area contributed by atoms with Gasteiger partial charge in [0.1, 0.15) is 5.69 Å². The van der Waals surface area contributed by atoms with Gasteiger partial charge in [0.2, 0.25) is 0 Å². The molecule has 0 spiro atoms. The van der Waals surface area contributed by atoms with Gasteiger partial charge in [0, 0.05) is 11.1 Å². The van der Waals surface area contributed by atoms with Crippen LogP contribution in [0.25, 0.3) is 0 Å². The fraction of sp³-hybridized carbons (Fsp3) is 0.333. The van der Waals surface area contributed by atoms with Crippen molar-refractivity contribution in [3.05, 3.63) is 33.2 Å². The third kappa shape index (κ3) is 3.05. The first-order chi connectivity index (χ1) is 8.12. The van der Waals surface area contributed by atoms with Crippen LogP contribution >= 0.6 is 0 Å². The Labute approximate surface area is 96.1 Å². The fourth-order valence-corrected chi connectivity index (χ4v) is 1.29.